The number of nitrogens with zero attached hydrogens (tertiary/aromatic N) is 1. The van der Waals surface area contributed by atoms with Crippen LogP contribution in [0.15, 0.2) is 47.6 Å². The molecule has 0 atom stereocenters. The molecule has 0 saturated heterocycles. The van der Waals surface area contributed by atoms with E-state index in [0.29, 0.717) is 17.0 Å². The summed E-state index contributed by atoms with van der Waals surface area (Å²) in [7, 11) is 1.55. The van der Waals surface area contributed by atoms with Gasteiger partial charge in [-0.15, -0.1) is 0 Å². The van der Waals surface area contributed by atoms with Crippen molar-refractivity contribution in [1.82, 2.24) is 5.43 Å². The van der Waals surface area contributed by atoms with E-state index < -0.39 is 11.8 Å². The number of nitrogens with one attached hydrogen (secondary N) is 2. The minimum absolute atomic E-state index is 0.624. The highest BCUT2D eigenvalue weighted by atomic mass is 16.5. The fourth-order valence-electron chi connectivity index (χ4n) is 2.56. The summed E-state index contributed by atoms with van der Waals surface area (Å²) in [5.74, 6) is -0.957. The van der Waals surface area contributed by atoms with Crippen molar-refractivity contribution in [3.8, 4) is 5.75 Å². The number of anilines is 1. The summed E-state index contributed by atoms with van der Waals surface area (Å²) in [5, 5.41) is 6.54. The van der Waals surface area contributed by atoms with Crippen molar-refractivity contribution in [3.63, 3.8) is 0 Å². The number of rotatable bonds is 6. The highest BCUT2D eigenvalue weighted by molar-refractivity contribution is 6.39. The highest BCUT2D eigenvalue weighted by Gasteiger charge is 2.16. The molecular weight excluding hydrogens is 330 g/mol. The van der Waals surface area contributed by atoms with Gasteiger partial charge in [0.25, 0.3) is 0 Å². The first-order valence-corrected chi connectivity index (χ1v) is 8.48. The van der Waals surface area contributed by atoms with Gasteiger partial charge in [-0.1, -0.05) is 44.2 Å². The van der Waals surface area contributed by atoms with Crippen molar-refractivity contribution in [2.45, 2.75) is 26.7 Å². The minimum Gasteiger partial charge on any atom is -0.496 e. The van der Waals surface area contributed by atoms with Gasteiger partial charge < -0.3 is 10.1 Å². The van der Waals surface area contributed by atoms with E-state index in [1.54, 1.807) is 19.2 Å². The fourth-order valence-corrected chi connectivity index (χ4v) is 2.56. The summed E-state index contributed by atoms with van der Waals surface area (Å²) in [6.07, 6.45) is 2.95. The van der Waals surface area contributed by atoms with E-state index in [0.717, 1.165) is 24.0 Å². The molecule has 0 radical (unpaired) electrons. The van der Waals surface area contributed by atoms with E-state index in [9.17, 15) is 9.59 Å². The van der Waals surface area contributed by atoms with E-state index in [-0.39, 0.29) is 0 Å². The van der Waals surface area contributed by atoms with Crippen molar-refractivity contribution in [2.75, 3.05) is 12.4 Å². The lowest BCUT2D eigenvalue weighted by atomic mass is 10.0. The molecule has 0 aliphatic heterocycles. The molecule has 6 nitrogen and oxygen atoms in total. The number of methoxy groups -OCH3 is 1. The van der Waals surface area contributed by atoms with Crippen LogP contribution >= 0.6 is 0 Å². The predicted molar refractivity (Wildman–Crippen MR) is 103 cm³/mol. The third-order valence-corrected chi connectivity index (χ3v) is 3.95. The number of carbonyl (C=O) groups is 2. The minimum atomic E-state index is -0.830. The van der Waals surface area contributed by atoms with Crippen LogP contribution in [0.1, 0.15) is 30.5 Å². The molecule has 2 amide bonds. The van der Waals surface area contributed by atoms with E-state index >= 15 is 0 Å². The van der Waals surface area contributed by atoms with Crippen LogP contribution in [0, 0.1) is 0 Å². The molecule has 26 heavy (non-hydrogen) atoms. The van der Waals surface area contributed by atoms with Crippen LogP contribution in [0.3, 0.4) is 0 Å². The van der Waals surface area contributed by atoms with Gasteiger partial charge in [-0.3, -0.25) is 9.59 Å². The van der Waals surface area contributed by atoms with Crippen LogP contribution in [0.25, 0.3) is 0 Å². The van der Waals surface area contributed by atoms with Crippen molar-refractivity contribution in [2.24, 2.45) is 5.10 Å². The lowest BCUT2D eigenvalue weighted by Gasteiger charge is -2.13. The largest absolute Gasteiger partial charge is 0.496 e. The molecule has 0 unspecified atom stereocenters. The average molecular weight is 353 g/mol. The maximum absolute atomic E-state index is 12.2. The van der Waals surface area contributed by atoms with Gasteiger partial charge in [-0.25, -0.2) is 5.43 Å². The molecule has 6 heteroatoms. The number of carbonyl (C=O) groups excluding carboxylic acids is 2. The summed E-state index contributed by atoms with van der Waals surface area (Å²) in [4.78, 5) is 24.2. The first-order chi connectivity index (χ1) is 12.6. The Bertz CT molecular complexity index is 793. The summed E-state index contributed by atoms with van der Waals surface area (Å²) in [6.45, 7) is 4.00. The summed E-state index contributed by atoms with van der Waals surface area (Å²) < 4.78 is 5.20. The van der Waals surface area contributed by atoms with Crippen LogP contribution in [0.5, 0.6) is 5.75 Å². The monoisotopic (exact) mass is 353 g/mol. The molecule has 0 bridgehead atoms. The van der Waals surface area contributed by atoms with Crippen molar-refractivity contribution in [3.05, 3.63) is 59.2 Å². The zero-order chi connectivity index (χ0) is 18.9. The van der Waals surface area contributed by atoms with E-state index in [4.69, 9.17) is 4.74 Å². The molecule has 0 saturated carbocycles. The Labute approximate surface area is 153 Å². The van der Waals surface area contributed by atoms with Gasteiger partial charge in [-0.2, -0.15) is 5.10 Å². The molecule has 0 aliphatic rings. The Kier molecular flexibility index (Phi) is 6.91. The van der Waals surface area contributed by atoms with Gasteiger partial charge >= 0.3 is 11.8 Å². The van der Waals surface area contributed by atoms with E-state index in [1.165, 1.54) is 6.21 Å². The normalized spacial score (nSPS) is 10.6. The smallest absolute Gasteiger partial charge is 0.329 e. The molecule has 2 aromatic carbocycles. The standard InChI is InChI=1S/C20H23N3O3/c1-4-14-10-8-11-15(5-2)18(14)22-19(24)20(25)23-21-13-16-9-6-7-12-17(16)26-3/h6-13H,4-5H2,1-3H3,(H,22,24)(H,23,25)/b21-13-. The first kappa shape index (κ1) is 19.2. The molecule has 0 aromatic heterocycles. The number of hydrazone groups is 1. The molecule has 0 fully saturated rings. The second kappa shape index (κ2) is 9.36. The van der Waals surface area contributed by atoms with Crippen molar-refractivity contribution >= 4 is 23.7 Å². The Hall–Kier alpha value is -3.15. The number of hydrogen-bond donors (Lipinski definition) is 2. The first-order valence-electron chi connectivity index (χ1n) is 8.48. The zero-order valence-electron chi connectivity index (χ0n) is 15.2. The maximum atomic E-state index is 12.2. The number of hydrogen-bond acceptors (Lipinski definition) is 4. The van der Waals surface area contributed by atoms with Crippen molar-refractivity contribution in [1.29, 1.82) is 0 Å². The summed E-state index contributed by atoms with van der Waals surface area (Å²) in [5.41, 5.74) is 5.61. The second-order valence-corrected chi connectivity index (χ2v) is 5.55. The van der Waals surface area contributed by atoms with Gasteiger partial charge in [0.15, 0.2) is 0 Å². The van der Waals surface area contributed by atoms with Crippen LogP contribution in [0.4, 0.5) is 5.69 Å². The van der Waals surface area contributed by atoms with Gasteiger partial charge in [0.05, 0.1) is 13.3 Å². The number of amides is 2. The Morgan fingerprint density at radius 1 is 1.00 bits per heavy atom. The van der Waals surface area contributed by atoms with Crippen LogP contribution in [-0.4, -0.2) is 25.1 Å². The second-order valence-electron chi connectivity index (χ2n) is 5.55. The average Bonchev–Trinajstić information content (AvgIpc) is 2.68. The Balaban J connectivity index is 2.05. The lowest BCUT2D eigenvalue weighted by Crippen LogP contribution is -2.33. The topological polar surface area (TPSA) is 79.8 Å². The Morgan fingerprint density at radius 2 is 1.65 bits per heavy atom. The maximum Gasteiger partial charge on any atom is 0.329 e. The quantitative estimate of drug-likeness (QED) is 0.476. The molecule has 2 N–H and O–H groups in total. The predicted octanol–water partition coefficient (Wildman–Crippen LogP) is 2.91. The van der Waals surface area contributed by atoms with Gasteiger partial charge in [0.1, 0.15) is 5.75 Å². The number of benzene rings is 2. The zero-order valence-corrected chi connectivity index (χ0v) is 15.2. The summed E-state index contributed by atoms with van der Waals surface area (Å²) in [6, 6.07) is 13.1. The molecular formula is C20H23N3O3. The molecule has 2 rings (SSSR count). The van der Waals surface area contributed by atoms with Crippen LogP contribution in [0.2, 0.25) is 0 Å². The van der Waals surface area contributed by atoms with E-state index in [1.807, 2.05) is 44.2 Å². The van der Waals surface area contributed by atoms with Gasteiger partial charge in [0, 0.05) is 11.3 Å². The number of ether oxygens (including phenoxy) is 1. The van der Waals surface area contributed by atoms with Gasteiger partial charge in [0.2, 0.25) is 0 Å². The third-order valence-electron chi connectivity index (χ3n) is 3.95. The highest BCUT2D eigenvalue weighted by Crippen LogP contribution is 2.22. The Morgan fingerprint density at radius 3 is 2.27 bits per heavy atom. The fraction of sp³-hybridized carbons (Fsp3) is 0.250. The molecule has 0 aliphatic carbocycles. The van der Waals surface area contributed by atoms with E-state index in [2.05, 4.69) is 15.8 Å². The molecule has 0 heterocycles. The lowest BCUT2D eigenvalue weighted by molar-refractivity contribution is -0.136. The molecule has 136 valence electrons. The SMILES string of the molecule is CCc1cccc(CC)c1NC(=O)C(=O)N/N=C\c1ccccc1OC. The summed E-state index contributed by atoms with van der Waals surface area (Å²) >= 11 is 0. The third kappa shape index (κ3) is 4.69. The van der Waals surface area contributed by atoms with Gasteiger partial charge in [-0.05, 0) is 36.1 Å². The molecule has 2 aromatic rings. The van der Waals surface area contributed by atoms with Crippen LogP contribution in [-0.2, 0) is 22.4 Å². The van der Waals surface area contributed by atoms with Crippen molar-refractivity contribution < 1.29 is 14.3 Å². The number of para-hydroxylation sites is 2. The van der Waals surface area contributed by atoms with Crippen LogP contribution < -0.4 is 15.5 Å². The number of aryl methyl sites for hydroxylation is 2. The molecule has 0 spiro atoms.